The zero-order chi connectivity index (χ0) is 19.7. The van der Waals surface area contributed by atoms with Crippen LogP contribution in [0.4, 0.5) is 5.69 Å². The minimum atomic E-state index is -0.0142. The van der Waals surface area contributed by atoms with Crippen LogP contribution in [0.25, 0.3) is 10.9 Å². The number of rotatable bonds is 4. The normalized spacial score (nSPS) is 14.5. The first kappa shape index (κ1) is 18.4. The highest BCUT2D eigenvalue weighted by Crippen LogP contribution is 2.29. The second-order valence-corrected chi connectivity index (χ2v) is 7.04. The average molecular weight is 402 g/mol. The third-order valence-electron chi connectivity index (χ3n) is 4.98. The fourth-order valence-electron chi connectivity index (χ4n) is 3.41. The number of hydrogen-bond donors (Lipinski definition) is 0. The lowest BCUT2D eigenvalue weighted by Gasteiger charge is -2.36. The van der Waals surface area contributed by atoms with Crippen molar-refractivity contribution >= 4 is 34.1 Å². The van der Waals surface area contributed by atoms with Gasteiger partial charge in [-0.1, -0.05) is 11.6 Å². The van der Waals surface area contributed by atoms with E-state index in [-0.39, 0.29) is 12.5 Å². The first-order valence-electron chi connectivity index (χ1n) is 8.96. The summed E-state index contributed by atoms with van der Waals surface area (Å²) in [5.74, 6) is 0.624. The molecule has 1 aliphatic rings. The molecule has 28 heavy (non-hydrogen) atoms. The smallest absolute Gasteiger partial charge is 0.244 e. The van der Waals surface area contributed by atoms with Gasteiger partial charge in [-0.25, -0.2) is 4.68 Å². The third-order valence-corrected chi connectivity index (χ3v) is 5.29. The van der Waals surface area contributed by atoms with E-state index in [9.17, 15) is 10.0 Å². The van der Waals surface area contributed by atoms with Gasteiger partial charge in [0.1, 0.15) is 17.8 Å². The minimum absolute atomic E-state index is 0.0142. The predicted octanol–water partition coefficient (Wildman–Crippen LogP) is 1.68. The van der Waals surface area contributed by atoms with Crippen LogP contribution in [0.1, 0.15) is 0 Å². The number of carbonyl (C=O) groups excluding carboxylic acids is 1. The van der Waals surface area contributed by atoms with Gasteiger partial charge in [-0.3, -0.25) is 4.79 Å². The molecule has 8 nitrogen and oxygen atoms in total. The minimum Gasteiger partial charge on any atom is -0.619 e. The Balaban J connectivity index is 1.40. The van der Waals surface area contributed by atoms with E-state index < -0.39 is 0 Å². The number of halogens is 1. The Labute approximate surface area is 167 Å². The fourth-order valence-corrected chi connectivity index (χ4v) is 3.60. The summed E-state index contributed by atoms with van der Waals surface area (Å²) in [6, 6.07) is 7.37. The fraction of sp³-hybridized carbons (Fsp3) is 0.316. The van der Waals surface area contributed by atoms with Crippen molar-refractivity contribution in [3.8, 4) is 5.75 Å². The van der Waals surface area contributed by atoms with Crippen molar-refractivity contribution in [1.29, 1.82) is 0 Å². The molecule has 0 unspecified atom stereocenters. The van der Waals surface area contributed by atoms with E-state index in [1.165, 1.54) is 12.4 Å². The Morgan fingerprint density at radius 3 is 2.82 bits per heavy atom. The number of pyridine rings is 1. The first-order valence-corrected chi connectivity index (χ1v) is 9.33. The van der Waals surface area contributed by atoms with E-state index >= 15 is 0 Å². The quantitative estimate of drug-likeness (QED) is 0.491. The Morgan fingerprint density at radius 2 is 2.07 bits per heavy atom. The SMILES string of the molecule is COc1cc(N2CCN(C(=O)Cn3ncc4cc[n+]([O-])cc43)CC2)ccc1Cl. The summed E-state index contributed by atoms with van der Waals surface area (Å²) in [5, 5.41) is 17.2. The lowest BCUT2D eigenvalue weighted by Crippen LogP contribution is -2.49. The maximum atomic E-state index is 12.7. The first-order chi connectivity index (χ1) is 13.5. The van der Waals surface area contributed by atoms with Crippen molar-refractivity contribution in [1.82, 2.24) is 14.7 Å². The maximum Gasteiger partial charge on any atom is 0.244 e. The van der Waals surface area contributed by atoms with Gasteiger partial charge in [-0.15, -0.1) is 0 Å². The number of hydrogen-bond acceptors (Lipinski definition) is 5. The number of fused-ring (bicyclic) bond motifs is 1. The summed E-state index contributed by atoms with van der Waals surface area (Å²) < 4.78 is 7.57. The average Bonchev–Trinajstić information content (AvgIpc) is 3.10. The van der Waals surface area contributed by atoms with Crippen molar-refractivity contribution in [2.24, 2.45) is 0 Å². The van der Waals surface area contributed by atoms with Crippen LogP contribution in [-0.2, 0) is 11.3 Å². The molecule has 1 fully saturated rings. The van der Waals surface area contributed by atoms with Gasteiger partial charge in [-0.2, -0.15) is 9.83 Å². The van der Waals surface area contributed by atoms with E-state index in [4.69, 9.17) is 16.3 Å². The number of benzene rings is 1. The summed E-state index contributed by atoms with van der Waals surface area (Å²) in [4.78, 5) is 16.7. The van der Waals surface area contributed by atoms with Crippen molar-refractivity contribution in [3.63, 3.8) is 0 Å². The lowest BCUT2D eigenvalue weighted by molar-refractivity contribution is -0.604. The molecule has 0 spiro atoms. The third kappa shape index (κ3) is 3.55. The Kier molecular flexibility index (Phi) is 4.95. The molecule has 0 aliphatic carbocycles. The van der Waals surface area contributed by atoms with Crippen LogP contribution in [0.2, 0.25) is 5.02 Å². The van der Waals surface area contributed by atoms with Crippen LogP contribution >= 0.6 is 11.6 Å². The number of anilines is 1. The van der Waals surface area contributed by atoms with Crippen LogP contribution in [-0.4, -0.2) is 53.9 Å². The summed E-state index contributed by atoms with van der Waals surface area (Å²) in [6.07, 6.45) is 4.51. The maximum absolute atomic E-state index is 12.7. The van der Waals surface area contributed by atoms with Crippen molar-refractivity contribution < 1.29 is 14.3 Å². The van der Waals surface area contributed by atoms with Crippen LogP contribution in [0.5, 0.6) is 5.75 Å². The van der Waals surface area contributed by atoms with E-state index in [1.807, 2.05) is 23.1 Å². The van der Waals surface area contributed by atoms with E-state index in [0.717, 1.165) is 24.2 Å². The molecule has 2 aromatic heterocycles. The highest BCUT2D eigenvalue weighted by molar-refractivity contribution is 6.32. The van der Waals surface area contributed by atoms with Gasteiger partial charge in [0.05, 0.1) is 18.3 Å². The molecule has 3 heterocycles. The molecule has 1 saturated heterocycles. The molecule has 9 heteroatoms. The van der Waals surface area contributed by atoms with Crippen LogP contribution in [0.3, 0.4) is 0 Å². The summed E-state index contributed by atoms with van der Waals surface area (Å²) in [7, 11) is 1.59. The molecule has 0 radical (unpaired) electrons. The van der Waals surface area contributed by atoms with Crippen LogP contribution in [0.15, 0.2) is 42.9 Å². The molecular weight excluding hydrogens is 382 g/mol. The second kappa shape index (κ2) is 7.55. The van der Waals surface area contributed by atoms with E-state index in [0.29, 0.717) is 34.1 Å². The molecule has 1 aromatic carbocycles. The number of aromatic nitrogens is 3. The predicted molar refractivity (Wildman–Crippen MR) is 105 cm³/mol. The van der Waals surface area contributed by atoms with Crippen molar-refractivity contribution in [2.45, 2.75) is 6.54 Å². The number of methoxy groups -OCH3 is 1. The van der Waals surface area contributed by atoms with Gasteiger partial charge in [0.2, 0.25) is 12.1 Å². The molecule has 3 aromatic rings. The number of amides is 1. The standard InChI is InChI=1S/C19H20ClN5O3/c1-28-18-10-15(2-3-16(18)20)22-6-8-23(9-7-22)19(26)13-25-17-12-24(27)5-4-14(17)11-21-25/h2-5,10-12H,6-9,13H2,1H3. The van der Waals surface area contributed by atoms with Crippen LogP contribution in [0, 0.1) is 5.21 Å². The molecule has 1 amide bonds. The van der Waals surface area contributed by atoms with Gasteiger partial charge in [0.25, 0.3) is 0 Å². The van der Waals surface area contributed by atoms with E-state index in [2.05, 4.69) is 10.00 Å². The van der Waals surface area contributed by atoms with Crippen LogP contribution < -0.4 is 14.4 Å². The summed E-state index contributed by atoms with van der Waals surface area (Å²) >= 11 is 6.09. The number of nitrogens with zero attached hydrogens (tertiary/aromatic N) is 5. The monoisotopic (exact) mass is 401 g/mol. The van der Waals surface area contributed by atoms with Crippen molar-refractivity contribution in [2.75, 3.05) is 38.2 Å². The summed E-state index contributed by atoms with van der Waals surface area (Å²) in [6.45, 7) is 2.78. The Morgan fingerprint density at radius 1 is 1.29 bits per heavy atom. The zero-order valence-corrected chi connectivity index (χ0v) is 16.2. The summed E-state index contributed by atoms with van der Waals surface area (Å²) in [5.41, 5.74) is 1.67. The van der Waals surface area contributed by atoms with Gasteiger partial charge in [0, 0.05) is 49.4 Å². The molecule has 0 saturated carbocycles. The largest absolute Gasteiger partial charge is 0.619 e. The molecule has 0 atom stereocenters. The molecule has 0 N–H and O–H groups in total. The number of ether oxygens (including phenoxy) is 1. The van der Waals surface area contributed by atoms with Gasteiger partial charge >= 0.3 is 0 Å². The van der Waals surface area contributed by atoms with Crippen molar-refractivity contribution in [3.05, 3.63) is 53.1 Å². The molecule has 0 bridgehead atoms. The highest BCUT2D eigenvalue weighted by Gasteiger charge is 2.23. The Hall–Kier alpha value is -3.00. The lowest BCUT2D eigenvalue weighted by atomic mass is 10.2. The zero-order valence-electron chi connectivity index (χ0n) is 15.4. The van der Waals surface area contributed by atoms with Gasteiger partial charge in [-0.05, 0) is 12.1 Å². The van der Waals surface area contributed by atoms with Gasteiger partial charge < -0.3 is 19.7 Å². The van der Waals surface area contributed by atoms with Gasteiger partial charge in [0.15, 0.2) is 6.20 Å². The second-order valence-electron chi connectivity index (χ2n) is 6.63. The molecular formula is C19H20ClN5O3. The molecule has 4 rings (SSSR count). The highest BCUT2D eigenvalue weighted by atomic mass is 35.5. The Bertz CT molecular complexity index is 1010. The molecule has 1 aliphatic heterocycles. The van der Waals surface area contributed by atoms with E-state index in [1.54, 1.807) is 24.1 Å². The topological polar surface area (TPSA) is 77.5 Å². The number of piperazine rings is 1. The number of carbonyl (C=O) groups is 1. The molecule has 146 valence electrons.